The van der Waals surface area contributed by atoms with Gasteiger partial charge in [-0.15, -0.1) is 0 Å². The van der Waals surface area contributed by atoms with Crippen molar-refractivity contribution in [1.29, 1.82) is 0 Å². The first kappa shape index (κ1) is 17.7. The highest BCUT2D eigenvalue weighted by Crippen LogP contribution is 2.22. The maximum absolute atomic E-state index is 12.2. The van der Waals surface area contributed by atoms with E-state index in [1.54, 1.807) is 39.1 Å². The lowest BCUT2D eigenvalue weighted by atomic mass is 10.1. The van der Waals surface area contributed by atoms with Gasteiger partial charge >= 0.3 is 12.1 Å². The lowest BCUT2D eigenvalue weighted by molar-refractivity contribution is -0.142. The molecule has 8 heteroatoms. The van der Waals surface area contributed by atoms with E-state index in [-0.39, 0.29) is 18.9 Å². The van der Waals surface area contributed by atoms with Gasteiger partial charge in [-0.2, -0.15) is 0 Å². The van der Waals surface area contributed by atoms with E-state index < -0.39 is 29.7 Å². The monoisotopic (exact) mass is 335 g/mol. The molecule has 2 amide bonds. The first-order chi connectivity index (χ1) is 11.2. The molecule has 24 heavy (non-hydrogen) atoms. The number of amides is 2. The molecular weight excluding hydrogens is 314 g/mol. The molecule has 0 aliphatic carbocycles. The van der Waals surface area contributed by atoms with E-state index in [0.717, 1.165) is 4.90 Å². The molecule has 1 fully saturated rings. The lowest BCUT2D eigenvalue weighted by Crippen LogP contribution is -2.44. The molecule has 1 saturated heterocycles. The van der Waals surface area contributed by atoms with Crippen molar-refractivity contribution in [3.63, 3.8) is 0 Å². The number of hydrogen-bond donors (Lipinski definition) is 2. The van der Waals surface area contributed by atoms with Gasteiger partial charge in [-0.1, -0.05) is 0 Å². The van der Waals surface area contributed by atoms with Crippen molar-refractivity contribution in [2.45, 2.75) is 44.9 Å². The van der Waals surface area contributed by atoms with Crippen LogP contribution in [-0.4, -0.2) is 57.2 Å². The van der Waals surface area contributed by atoms with E-state index in [0.29, 0.717) is 5.56 Å². The second-order valence-electron chi connectivity index (χ2n) is 6.63. The zero-order valence-corrected chi connectivity index (χ0v) is 13.9. The fourth-order valence-corrected chi connectivity index (χ4v) is 2.46. The van der Waals surface area contributed by atoms with Crippen LogP contribution >= 0.6 is 0 Å². The summed E-state index contributed by atoms with van der Waals surface area (Å²) >= 11 is 0. The first-order valence-electron chi connectivity index (χ1n) is 7.60. The van der Waals surface area contributed by atoms with Gasteiger partial charge in [-0.25, -0.2) is 9.59 Å². The standard InChI is InChI=1S/C16H21N3O5/c1-16(2,3)24-15(23)19-9-11(7-12(19)14(21)22)18-13(20)10-5-4-6-17-8-10/h4-6,8,11-12H,7,9H2,1-3H3,(H,18,20)(H,21,22)/t11-,12+/m1/s1. The van der Waals surface area contributed by atoms with Gasteiger partial charge in [0.05, 0.1) is 5.56 Å². The predicted octanol–water partition coefficient (Wildman–Crippen LogP) is 1.27. The molecule has 0 unspecified atom stereocenters. The quantitative estimate of drug-likeness (QED) is 0.861. The second-order valence-corrected chi connectivity index (χ2v) is 6.63. The summed E-state index contributed by atoms with van der Waals surface area (Å²) in [4.78, 5) is 40.8. The van der Waals surface area contributed by atoms with Crippen LogP contribution in [-0.2, 0) is 9.53 Å². The highest BCUT2D eigenvalue weighted by Gasteiger charge is 2.42. The minimum Gasteiger partial charge on any atom is -0.480 e. The molecular formula is C16H21N3O5. The van der Waals surface area contributed by atoms with Crippen molar-refractivity contribution >= 4 is 18.0 Å². The molecule has 1 aromatic heterocycles. The second kappa shape index (κ2) is 6.86. The molecule has 0 radical (unpaired) electrons. The Bertz CT molecular complexity index is 626. The third kappa shape index (κ3) is 4.43. The van der Waals surface area contributed by atoms with Gasteiger partial charge < -0.3 is 15.2 Å². The molecule has 0 aromatic carbocycles. The van der Waals surface area contributed by atoms with Crippen molar-refractivity contribution in [3.05, 3.63) is 30.1 Å². The van der Waals surface area contributed by atoms with Gasteiger partial charge in [0.25, 0.3) is 5.91 Å². The van der Waals surface area contributed by atoms with E-state index >= 15 is 0 Å². The van der Waals surface area contributed by atoms with Gasteiger partial charge in [0, 0.05) is 31.4 Å². The lowest BCUT2D eigenvalue weighted by Gasteiger charge is -2.26. The van der Waals surface area contributed by atoms with Crippen LogP contribution in [0.5, 0.6) is 0 Å². The zero-order valence-electron chi connectivity index (χ0n) is 13.9. The fourth-order valence-electron chi connectivity index (χ4n) is 2.46. The van der Waals surface area contributed by atoms with Crippen LogP contribution in [0.3, 0.4) is 0 Å². The summed E-state index contributed by atoms with van der Waals surface area (Å²) in [5.41, 5.74) is -0.350. The van der Waals surface area contributed by atoms with Crippen molar-refractivity contribution < 1.29 is 24.2 Å². The van der Waals surface area contributed by atoms with Crippen molar-refractivity contribution in [2.24, 2.45) is 0 Å². The van der Waals surface area contributed by atoms with Crippen molar-refractivity contribution in [1.82, 2.24) is 15.2 Å². The summed E-state index contributed by atoms with van der Waals surface area (Å²) in [7, 11) is 0. The maximum Gasteiger partial charge on any atom is 0.411 e. The molecule has 130 valence electrons. The molecule has 1 aromatic rings. The van der Waals surface area contributed by atoms with Crippen LogP contribution in [0.25, 0.3) is 0 Å². The summed E-state index contributed by atoms with van der Waals surface area (Å²) in [6.45, 7) is 5.20. The van der Waals surface area contributed by atoms with E-state index in [2.05, 4.69) is 10.3 Å². The van der Waals surface area contributed by atoms with Gasteiger partial charge in [-0.3, -0.25) is 14.7 Å². The van der Waals surface area contributed by atoms with Crippen LogP contribution in [0.1, 0.15) is 37.6 Å². The molecule has 1 aliphatic rings. The Kier molecular flexibility index (Phi) is 5.06. The minimum absolute atomic E-state index is 0.0812. The third-order valence-corrected chi connectivity index (χ3v) is 3.47. The summed E-state index contributed by atoms with van der Waals surface area (Å²) in [5, 5.41) is 12.1. The van der Waals surface area contributed by atoms with Crippen molar-refractivity contribution in [2.75, 3.05) is 6.54 Å². The number of carboxylic acids is 1. The van der Waals surface area contributed by atoms with Crippen LogP contribution in [0.4, 0.5) is 4.79 Å². The number of hydrogen-bond acceptors (Lipinski definition) is 5. The molecule has 0 spiro atoms. The molecule has 0 bridgehead atoms. The Morgan fingerprint density at radius 3 is 2.62 bits per heavy atom. The Labute approximate surface area is 139 Å². The van der Waals surface area contributed by atoms with Crippen molar-refractivity contribution in [3.8, 4) is 0 Å². The molecule has 0 saturated carbocycles. The summed E-state index contributed by atoms with van der Waals surface area (Å²) < 4.78 is 5.24. The average Bonchev–Trinajstić information content (AvgIpc) is 2.90. The highest BCUT2D eigenvalue weighted by molar-refractivity contribution is 5.94. The molecule has 2 atom stereocenters. The maximum atomic E-state index is 12.2. The number of aliphatic carboxylic acids is 1. The number of carbonyl (C=O) groups is 3. The normalized spacial score (nSPS) is 20.5. The molecule has 2 heterocycles. The minimum atomic E-state index is -1.13. The number of rotatable bonds is 3. The van der Waals surface area contributed by atoms with Crippen LogP contribution < -0.4 is 5.32 Å². The molecule has 2 N–H and O–H groups in total. The SMILES string of the molecule is CC(C)(C)OC(=O)N1C[C@H](NC(=O)c2cccnc2)C[C@H]1C(=O)O. The number of pyridine rings is 1. The van der Waals surface area contributed by atoms with E-state index in [1.165, 1.54) is 6.20 Å². The van der Waals surface area contributed by atoms with Gasteiger partial charge in [-0.05, 0) is 32.9 Å². The summed E-state index contributed by atoms with van der Waals surface area (Å²) in [5.74, 6) is -1.48. The first-order valence-corrected chi connectivity index (χ1v) is 7.60. The molecule has 2 rings (SSSR count). The van der Waals surface area contributed by atoms with Gasteiger partial charge in [0.15, 0.2) is 0 Å². The number of likely N-dealkylation sites (tertiary alicyclic amines) is 1. The summed E-state index contributed by atoms with van der Waals surface area (Å²) in [6, 6.07) is 1.75. The Hall–Kier alpha value is -2.64. The number of carbonyl (C=O) groups excluding carboxylic acids is 2. The predicted molar refractivity (Wildman–Crippen MR) is 84.5 cm³/mol. The Balaban J connectivity index is 2.05. The Morgan fingerprint density at radius 1 is 1.38 bits per heavy atom. The average molecular weight is 335 g/mol. The molecule has 1 aliphatic heterocycles. The largest absolute Gasteiger partial charge is 0.480 e. The van der Waals surface area contributed by atoms with Gasteiger partial charge in [0.2, 0.25) is 0 Å². The number of carboxylic acid groups (broad SMARTS) is 1. The number of ether oxygens (including phenoxy) is 1. The van der Waals surface area contributed by atoms with E-state index in [9.17, 15) is 19.5 Å². The number of aromatic nitrogens is 1. The van der Waals surface area contributed by atoms with Crippen LogP contribution in [0, 0.1) is 0 Å². The number of nitrogens with zero attached hydrogens (tertiary/aromatic N) is 2. The van der Waals surface area contributed by atoms with E-state index in [4.69, 9.17) is 4.74 Å². The molecule has 8 nitrogen and oxygen atoms in total. The van der Waals surface area contributed by atoms with E-state index in [1.807, 2.05) is 0 Å². The summed E-state index contributed by atoms with van der Waals surface area (Å²) in [6.07, 6.45) is 2.40. The fraction of sp³-hybridized carbons (Fsp3) is 0.500. The zero-order chi connectivity index (χ0) is 17.9. The Morgan fingerprint density at radius 2 is 2.08 bits per heavy atom. The van der Waals surface area contributed by atoms with Crippen LogP contribution in [0.15, 0.2) is 24.5 Å². The topological polar surface area (TPSA) is 109 Å². The van der Waals surface area contributed by atoms with Crippen LogP contribution in [0.2, 0.25) is 0 Å². The smallest absolute Gasteiger partial charge is 0.411 e. The van der Waals surface area contributed by atoms with Gasteiger partial charge in [0.1, 0.15) is 11.6 Å². The number of nitrogens with one attached hydrogen (secondary N) is 1. The third-order valence-electron chi connectivity index (χ3n) is 3.47. The highest BCUT2D eigenvalue weighted by atomic mass is 16.6.